The number of nitrogens with zero attached hydrogens (tertiary/aromatic N) is 2. The van der Waals surface area contributed by atoms with Gasteiger partial charge in [-0.15, -0.1) is 0 Å². The number of hydrogen-bond acceptors (Lipinski definition) is 3. The first-order valence-corrected chi connectivity index (χ1v) is 11.4. The lowest BCUT2D eigenvalue weighted by molar-refractivity contribution is -0.137. The summed E-state index contributed by atoms with van der Waals surface area (Å²) in [5, 5.41) is 21.2. The van der Waals surface area contributed by atoms with E-state index in [1.54, 1.807) is 41.0 Å². The number of aliphatic imine (C=N–C) groups is 1. The van der Waals surface area contributed by atoms with E-state index in [-0.39, 0.29) is 12.3 Å². The molecule has 0 fully saturated rings. The molecule has 33 heavy (non-hydrogen) atoms. The Bertz CT molecular complexity index is 1230. The first-order chi connectivity index (χ1) is 15.9. The molecule has 2 heterocycles. The van der Waals surface area contributed by atoms with Crippen LogP contribution in [0.15, 0.2) is 53.5 Å². The van der Waals surface area contributed by atoms with E-state index in [1.807, 2.05) is 12.1 Å². The molecule has 0 aliphatic carbocycles. The fraction of sp³-hybridized carbons (Fsp3) is 0.240. The second-order valence-corrected chi connectivity index (χ2v) is 8.78. The van der Waals surface area contributed by atoms with Crippen molar-refractivity contribution in [3.05, 3.63) is 75.3 Å². The number of aliphatic carboxylic acids is 1. The molecule has 2 N–H and O–H groups in total. The lowest BCUT2D eigenvalue weighted by Crippen LogP contribution is -2.05. The highest BCUT2D eigenvalue weighted by Crippen LogP contribution is 2.41. The lowest BCUT2D eigenvalue weighted by atomic mass is 10.0. The lowest BCUT2D eigenvalue weighted by Gasteiger charge is -2.12. The molecular weight excluding hydrogens is 463 g/mol. The molecule has 0 radical (unpaired) electrons. The number of unbranched alkanes of at least 4 members (excludes halogenated alkanes) is 3. The highest BCUT2D eigenvalue weighted by molar-refractivity contribution is 6.32. The summed E-state index contributed by atoms with van der Waals surface area (Å²) in [5.41, 5.74) is 3.24. The van der Waals surface area contributed by atoms with Crippen LogP contribution in [0.5, 0.6) is 5.88 Å². The number of carboxylic acid groups (broad SMARTS) is 1. The van der Waals surface area contributed by atoms with Crippen molar-refractivity contribution in [2.75, 3.05) is 0 Å². The first kappa shape index (κ1) is 23.1. The van der Waals surface area contributed by atoms with Crippen LogP contribution in [0.1, 0.15) is 53.6 Å². The summed E-state index contributed by atoms with van der Waals surface area (Å²) in [7, 11) is 0. The van der Waals surface area contributed by atoms with Crippen LogP contribution in [0.2, 0.25) is 10.0 Å². The Morgan fingerprint density at radius 1 is 0.848 bits per heavy atom. The molecule has 0 spiro atoms. The molecule has 0 saturated heterocycles. The van der Waals surface area contributed by atoms with Gasteiger partial charge in [0.25, 0.3) is 5.91 Å². The van der Waals surface area contributed by atoms with E-state index in [0.717, 1.165) is 24.8 Å². The number of carbonyl (C=O) groups is 2. The molecule has 170 valence electrons. The van der Waals surface area contributed by atoms with Crippen LogP contribution in [0.3, 0.4) is 0 Å². The van der Waals surface area contributed by atoms with Crippen molar-refractivity contribution in [1.29, 1.82) is 0 Å². The predicted molar refractivity (Wildman–Crippen MR) is 129 cm³/mol. The van der Waals surface area contributed by atoms with Crippen LogP contribution in [0, 0.1) is 0 Å². The topological polar surface area (TPSA) is 91.9 Å². The summed E-state index contributed by atoms with van der Waals surface area (Å²) in [6.45, 7) is 0.477. The van der Waals surface area contributed by atoms with Crippen molar-refractivity contribution in [2.24, 2.45) is 4.99 Å². The molecule has 6 nitrogen and oxygen atoms in total. The molecule has 2 aromatic carbocycles. The number of carbonyl (C=O) groups excluding carboxylic acids is 1. The molecule has 0 atom stereocenters. The van der Waals surface area contributed by atoms with Crippen LogP contribution in [0.4, 0.5) is 0 Å². The fourth-order valence-electron chi connectivity index (χ4n) is 4.09. The van der Waals surface area contributed by atoms with Crippen molar-refractivity contribution in [3.63, 3.8) is 0 Å². The maximum absolute atomic E-state index is 13.0. The van der Waals surface area contributed by atoms with Gasteiger partial charge < -0.3 is 14.8 Å². The largest absolute Gasteiger partial charge is 0.494 e. The SMILES string of the molecule is O=C(O)CCCCCCn1c(O)c2c(c1-c1ccc(Cl)cc1)C(=O)N=C2c1ccc(Cl)cc1. The van der Waals surface area contributed by atoms with Crippen molar-refractivity contribution in [1.82, 2.24) is 4.57 Å². The minimum atomic E-state index is -0.799. The van der Waals surface area contributed by atoms with Crippen LogP contribution in [0.25, 0.3) is 11.3 Å². The number of amides is 1. The van der Waals surface area contributed by atoms with Gasteiger partial charge in [-0.2, -0.15) is 0 Å². The number of carboxylic acids is 1. The number of rotatable bonds is 9. The van der Waals surface area contributed by atoms with Crippen molar-refractivity contribution in [3.8, 4) is 17.1 Å². The average molecular weight is 485 g/mol. The van der Waals surface area contributed by atoms with E-state index in [4.69, 9.17) is 28.3 Å². The Hall–Kier alpha value is -3.09. The first-order valence-electron chi connectivity index (χ1n) is 10.7. The number of hydrogen-bond donors (Lipinski definition) is 2. The third-order valence-electron chi connectivity index (χ3n) is 5.66. The van der Waals surface area contributed by atoms with Gasteiger partial charge in [-0.1, -0.05) is 60.3 Å². The third kappa shape index (κ3) is 4.82. The molecule has 3 aromatic rings. The number of fused-ring (bicyclic) bond motifs is 1. The van der Waals surface area contributed by atoms with Gasteiger partial charge in [0.1, 0.15) is 0 Å². The van der Waals surface area contributed by atoms with E-state index in [1.165, 1.54) is 0 Å². The van der Waals surface area contributed by atoms with Gasteiger partial charge in [0.2, 0.25) is 5.88 Å². The molecule has 1 aliphatic rings. The van der Waals surface area contributed by atoms with E-state index < -0.39 is 11.9 Å². The fourth-order valence-corrected chi connectivity index (χ4v) is 4.35. The Morgan fingerprint density at radius 2 is 1.42 bits per heavy atom. The van der Waals surface area contributed by atoms with Gasteiger partial charge in [-0.3, -0.25) is 9.59 Å². The molecule has 8 heteroatoms. The van der Waals surface area contributed by atoms with Crippen LogP contribution < -0.4 is 0 Å². The molecule has 1 aliphatic heterocycles. The molecule has 0 unspecified atom stereocenters. The highest BCUT2D eigenvalue weighted by atomic mass is 35.5. The van der Waals surface area contributed by atoms with Crippen molar-refractivity contribution in [2.45, 2.75) is 38.6 Å². The highest BCUT2D eigenvalue weighted by Gasteiger charge is 2.36. The zero-order chi connectivity index (χ0) is 23.5. The Labute approximate surface area is 201 Å². The van der Waals surface area contributed by atoms with E-state index in [2.05, 4.69) is 4.99 Å². The Morgan fingerprint density at radius 3 is 2.03 bits per heavy atom. The van der Waals surface area contributed by atoms with E-state index in [9.17, 15) is 14.7 Å². The molecular formula is C25H22Cl2N2O4. The van der Waals surface area contributed by atoms with Crippen molar-refractivity contribution >= 4 is 40.8 Å². The molecule has 1 aromatic heterocycles. The van der Waals surface area contributed by atoms with Crippen LogP contribution in [-0.2, 0) is 11.3 Å². The number of benzene rings is 2. The molecule has 0 saturated carbocycles. The molecule has 4 rings (SSSR count). The summed E-state index contributed by atoms with van der Waals surface area (Å²) < 4.78 is 1.74. The number of halogens is 2. The summed E-state index contributed by atoms with van der Waals surface area (Å²) in [5.74, 6) is -1.22. The van der Waals surface area contributed by atoms with Crippen molar-refractivity contribution < 1.29 is 19.8 Å². The minimum absolute atomic E-state index is 0.0139. The average Bonchev–Trinajstić information content (AvgIpc) is 3.27. The smallest absolute Gasteiger partial charge is 0.303 e. The molecule has 0 bridgehead atoms. The molecule has 1 amide bonds. The van der Waals surface area contributed by atoms with Crippen LogP contribution >= 0.6 is 23.2 Å². The quantitative estimate of drug-likeness (QED) is 0.354. The van der Waals surface area contributed by atoms with Gasteiger partial charge in [0.15, 0.2) is 0 Å². The maximum atomic E-state index is 13.0. The predicted octanol–water partition coefficient (Wildman–Crippen LogP) is 6.19. The van der Waals surface area contributed by atoms with E-state index >= 15 is 0 Å². The zero-order valence-corrected chi connectivity index (χ0v) is 19.2. The van der Waals surface area contributed by atoms with Gasteiger partial charge >= 0.3 is 5.97 Å². The van der Waals surface area contributed by atoms with E-state index in [0.29, 0.717) is 51.1 Å². The maximum Gasteiger partial charge on any atom is 0.303 e. The summed E-state index contributed by atoms with van der Waals surface area (Å²) >= 11 is 12.1. The summed E-state index contributed by atoms with van der Waals surface area (Å²) in [4.78, 5) is 27.9. The van der Waals surface area contributed by atoms with Crippen LogP contribution in [-0.4, -0.2) is 32.4 Å². The summed E-state index contributed by atoms with van der Waals surface area (Å²) in [6.07, 6.45) is 3.07. The van der Waals surface area contributed by atoms with Gasteiger partial charge in [-0.05, 0) is 42.7 Å². The second-order valence-electron chi connectivity index (χ2n) is 7.91. The number of aromatic nitrogens is 1. The van der Waals surface area contributed by atoms with Gasteiger partial charge in [0.05, 0.1) is 22.5 Å². The second kappa shape index (κ2) is 9.81. The number of aromatic hydroxyl groups is 1. The minimum Gasteiger partial charge on any atom is -0.494 e. The third-order valence-corrected chi connectivity index (χ3v) is 6.16. The Balaban J connectivity index is 1.71. The zero-order valence-electron chi connectivity index (χ0n) is 17.7. The normalized spacial score (nSPS) is 12.7. The Kier molecular flexibility index (Phi) is 6.86. The van der Waals surface area contributed by atoms with Gasteiger partial charge in [0, 0.05) is 28.6 Å². The summed E-state index contributed by atoms with van der Waals surface area (Å²) in [6, 6.07) is 14.1. The monoisotopic (exact) mass is 484 g/mol. The standard InChI is InChI=1S/C25H22Cl2N2O4/c26-17-10-6-15(7-11-17)22-20-21(24(32)28-22)23(16-8-12-18(27)13-9-16)29(25(20)33)14-4-2-1-3-5-19(30)31/h6-13,33H,1-5,14H2,(H,30,31). The van der Waals surface area contributed by atoms with Gasteiger partial charge in [-0.25, -0.2) is 4.99 Å².